The van der Waals surface area contributed by atoms with Crippen molar-refractivity contribution in [2.24, 2.45) is 5.73 Å². The Hall–Kier alpha value is -0.850. The molecule has 1 unspecified atom stereocenters. The SMILES string of the molecule is CC1(CN)CCCCN1S(=O)(=O)c1ccc[nH]1. The van der Waals surface area contributed by atoms with E-state index in [1.807, 2.05) is 6.92 Å². The largest absolute Gasteiger partial charge is 0.351 e. The summed E-state index contributed by atoms with van der Waals surface area (Å²) in [5, 5.41) is 0.249. The standard InChI is InChI=1S/C11H19N3O2S/c1-11(9-12)6-2-3-8-14(11)17(15,16)10-5-4-7-13-10/h4-5,7,13H,2-3,6,8-9,12H2,1H3. The number of nitrogens with one attached hydrogen (secondary N) is 1. The molecule has 0 amide bonds. The van der Waals surface area contributed by atoms with E-state index in [4.69, 9.17) is 5.73 Å². The highest BCUT2D eigenvalue weighted by atomic mass is 32.2. The molecule has 0 aliphatic carbocycles. The molecule has 1 saturated heterocycles. The lowest BCUT2D eigenvalue weighted by atomic mass is 9.91. The molecule has 3 N–H and O–H groups in total. The van der Waals surface area contributed by atoms with Gasteiger partial charge < -0.3 is 10.7 Å². The van der Waals surface area contributed by atoms with Gasteiger partial charge in [-0.05, 0) is 31.9 Å². The van der Waals surface area contributed by atoms with Gasteiger partial charge >= 0.3 is 0 Å². The monoisotopic (exact) mass is 257 g/mol. The van der Waals surface area contributed by atoms with Gasteiger partial charge in [0.2, 0.25) is 0 Å². The summed E-state index contributed by atoms with van der Waals surface area (Å²) in [4.78, 5) is 2.77. The van der Waals surface area contributed by atoms with Gasteiger partial charge in [-0.2, -0.15) is 4.31 Å². The molecule has 0 bridgehead atoms. The predicted octanol–water partition coefficient (Wildman–Crippen LogP) is 0.907. The van der Waals surface area contributed by atoms with Crippen molar-refractivity contribution in [1.29, 1.82) is 0 Å². The number of piperidine rings is 1. The number of rotatable bonds is 3. The Bertz CT molecular complexity index is 469. The molecule has 1 aromatic heterocycles. The van der Waals surface area contributed by atoms with Crippen LogP contribution in [-0.2, 0) is 10.0 Å². The van der Waals surface area contributed by atoms with Crippen molar-refractivity contribution in [3.8, 4) is 0 Å². The number of hydrogen-bond donors (Lipinski definition) is 2. The van der Waals surface area contributed by atoms with Gasteiger partial charge in [-0.1, -0.05) is 6.42 Å². The molecule has 96 valence electrons. The first kappa shape index (κ1) is 12.6. The summed E-state index contributed by atoms with van der Waals surface area (Å²) in [5.74, 6) is 0. The molecule has 0 radical (unpaired) electrons. The summed E-state index contributed by atoms with van der Waals surface area (Å²) in [6, 6.07) is 3.28. The minimum absolute atomic E-state index is 0.249. The van der Waals surface area contributed by atoms with Crippen molar-refractivity contribution in [2.45, 2.75) is 36.8 Å². The summed E-state index contributed by atoms with van der Waals surface area (Å²) < 4.78 is 26.5. The van der Waals surface area contributed by atoms with Crippen molar-refractivity contribution in [3.05, 3.63) is 18.3 Å². The number of sulfonamides is 1. The fraction of sp³-hybridized carbons (Fsp3) is 0.636. The van der Waals surface area contributed by atoms with E-state index < -0.39 is 15.6 Å². The Morgan fingerprint density at radius 1 is 1.53 bits per heavy atom. The van der Waals surface area contributed by atoms with Gasteiger partial charge in [0.05, 0.1) is 0 Å². The number of nitrogens with two attached hydrogens (primary N) is 1. The number of aromatic amines is 1. The van der Waals surface area contributed by atoms with Crippen molar-refractivity contribution >= 4 is 10.0 Å². The normalized spacial score (nSPS) is 27.2. The fourth-order valence-corrected chi connectivity index (χ4v) is 4.18. The van der Waals surface area contributed by atoms with Crippen LogP contribution in [0.15, 0.2) is 23.4 Å². The van der Waals surface area contributed by atoms with Crippen LogP contribution in [0.25, 0.3) is 0 Å². The molecule has 0 saturated carbocycles. The molecule has 5 nitrogen and oxygen atoms in total. The molecule has 17 heavy (non-hydrogen) atoms. The van der Waals surface area contributed by atoms with Gasteiger partial charge in [-0.25, -0.2) is 8.42 Å². The van der Waals surface area contributed by atoms with Crippen LogP contribution < -0.4 is 5.73 Å². The minimum atomic E-state index is -3.44. The molecule has 0 aromatic carbocycles. The zero-order chi connectivity index (χ0) is 12.5. The Morgan fingerprint density at radius 3 is 2.88 bits per heavy atom. The average molecular weight is 257 g/mol. The first-order chi connectivity index (χ1) is 8.00. The first-order valence-corrected chi connectivity index (χ1v) is 7.31. The lowest BCUT2D eigenvalue weighted by molar-refractivity contribution is 0.157. The van der Waals surface area contributed by atoms with E-state index in [9.17, 15) is 8.42 Å². The Morgan fingerprint density at radius 2 is 2.29 bits per heavy atom. The predicted molar refractivity (Wildman–Crippen MR) is 66.0 cm³/mol. The Balaban J connectivity index is 2.38. The van der Waals surface area contributed by atoms with Gasteiger partial charge in [-0.15, -0.1) is 0 Å². The second-order valence-electron chi connectivity index (χ2n) is 4.77. The van der Waals surface area contributed by atoms with E-state index in [2.05, 4.69) is 4.98 Å². The molecule has 1 aliphatic heterocycles. The van der Waals surface area contributed by atoms with Gasteiger partial charge in [0.15, 0.2) is 0 Å². The summed E-state index contributed by atoms with van der Waals surface area (Å²) in [5.41, 5.74) is 5.31. The maximum Gasteiger partial charge on any atom is 0.259 e. The zero-order valence-corrected chi connectivity index (χ0v) is 10.8. The molecule has 2 rings (SSSR count). The molecular weight excluding hydrogens is 238 g/mol. The van der Waals surface area contributed by atoms with Crippen LogP contribution in [0, 0.1) is 0 Å². The van der Waals surface area contributed by atoms with E-state index in [-0.39, 0.29) is 5.03 Å². The third-order valence-electron chi connectivity index (χ3n) is 3.51. The number of nitrogens with zero attached hydrogens (tertiary/aromatic N) is 1. The Kier molecular flexibility index (Phi) is 3.29. The van der Waals surface area contributed by atoms with Crippen LogP contribution in [0.5, 0.6) is 0 Å². The molecule has 1 aromatic rings. The smallest absolute Gasteiger partial charge is 0.259 e. The fourth-order valence-electron chi connectivity index (χ4n) is 2.36. The van der Waals surface area contributed by atoms with Crippen molar-refractivity contribution in [3.63, 3.8) is 0 Å². The third kappa shape index (κ3) is 2.12. The van der Waals surface area contributed by atoms with E-state index in [0.29, 0.717) is 13.1 Å². The van der Waals surface area contributed by atoms with Gasteiger partial charge in [0.25, 0.3) is 10.0 Å². The van der Waals surface area contributed by atoms with Gasteiger partial charge in [-0.3, -0.25) is 0 Å². The van der Waals surface area contributed by atoms with E-state index in [0.717, 1.165) is 19.3 Å². The minimum Gasteiger partial charge on any atom is -0.351 e. The summed E-state index contributed by atoms with van der Waals surface area (Å²) in [7, 11) is -3.44. The number of hydrogen-bond acceptors (Lipinski definition) is 3. The van der Waals surface area contributed by atoms with Crippen LogP contribution in [0.3, 0.4) is 0 Å². The Labute approximate surface area is 102 Å². The van der Waals surface area contributed by atoms with E-state index >= 15 is 0 Å². The van der Waals surface area contributed by atoms with Crippen LogP contribution in [0.1, 0.15) is 26.2 Å². The highest BCUT2D eigenvalue weighted by molar-refractivity contribution is 7.89. The van der Waals surface area contributed by atoms with E-state index in [1.165, 1.54) is 0 Å². The average Bonchev–Trinajstić information content (AvgIpc) is 2.83. The molecule has 0 spiro atoms. The van der Waals surface area contributed by atoms with Crippen molar-refractivity contribution in [1.82, 2.24) is 9.29 Å². The maximum absolute atomic E-state index is 12.5. The quantitative estimate of drug-likeness (QED) is 0.844. The van der Waals surface area contributed by atoms with Crippen LogP contribution in [-0.4, -0.2) is 36.3 Å². The van der Waals surface area contributed by atoms with Crippen molar-refractivity contribution in [2.75, 3.05) is 13.1 Å². The second-order valence-corrected chi connectivity index (χ2v) is 6.60. The molecule has 1 fully saturated rings. The first-order valence-electron chi connectivity index (χ1n) is 5.87. The number of H-pyrrole nitrogens is 1. The second kappa shape index (κ2) is 4.44. The maximum atomic E-state index is 12.5. The third-order valence-corrected chi connectivity index (χ3v) is 5.52. The number of aromatic nitrogens is 1. The summed E-state index contributed by atoms with van der Waals surface area (Å²) >= 11 is 0. The molecule has 6 heteroatoms. The lowest BCUT2D eigenvalue weighted by Crippen LogP contribution is -2.56. The van der Waals surface area contributed by atoms with Crippen LogP contribution >= 0.6 is 0 Å². The van der Waals surface area contributed by atoms with E-state index in [1.54, 1.807) is 22.6 Å². The molecule has 1 atom stereocenters. The highest BCUT2D eigenvalue weighted by Gasteiger charge is 2.41. The topological polar surface area (TPSA) is 79.2 Å². The van der Waals surface area contributed by atoms with Gasteiger partial charge in [0, 0.05) is 24.8 Å². The highest BCUT2D eigenvalue weighted by Crippen LogP contribution is 2.31. The van der Waals surface area contributed by atoms with Gasteiger partial charge in [0.1, 0.15) is 5.03 Å². The zero-order valence-electron chi connectivity index (χ0n) is 10.0. The van der Waals surface area contributed by atoms with Crippen LogP contribution in [0.4, 0.5) is 0 Å². The molecule has 1 aliphatic rings. The summed E-state index contributed by atoms with van der Waals surface area (Å²) in [6.45, 7) is 2.83. The van der Waals surface area contributed by atoms with Crippen LogP contribution in [0.2, 0.25) is 0 Å². The van der Waals surface area contributed by atoms with Crippen molar-refractivity contribution < 1.29 is 8.42 Å². The lowest BCUT2D eigenvalue weighted by Gasteiger charge is -2.42. The molecular formula is C11H19N3O2S. The summed E-state index contributed by atoms with van der Waals surface area (Å²) in [6.07, 6.45) is 4.38. The molecule has 2 heterocycles.